The number of fused-ring (bicyclic) bond motifs is 1. The van der Waals surface area contributed by atoms with Gasteiger partial charge in [0.1, 0.15) is 20.6 Å². The van der Waals surface area contributed by atoms with Crippen LogP contribution in [0.1, 0.15) is 26.6 Å². The van der Waals surface area contributed by atoms with Gasteiger partial charge in [-0.2, -0.15) is 13.2 Å². The molecule has 1 N–H and O–H groups in total. The number of aromatic nitrogens is 3. The smallest absolute Gasteiger partial charge is 0.417 e. The summed E-state index contributed by atoms with van der Waals surface area (Å²) >= 11 is 6.39. The molecule has 9 nitrogen and oxygen atoms in total. The number of hydrogen-bond acceptors (Lipinski definition) is 8. The second kappa shape index (κ2) is 8.74. The lowest BCUT2D eigenvalue weighted by molar-refractivity contribution is -0.140. The molecule has 14 heteroatoms. The highest BCUT2D eigenvalue weighted by molar-refractivity contribution is 7.20. The maximum atomic E-state index is 13.1. The van der Waals surface area contributed by atoms with Gasteiger partial charge in [0.15, 0.2) is 0 Å². The molecule has 3 rings (SSSR count). The Morgan fingerprint density at radius 2 is 1.94 bits per heavy atom. The molecule has 0 aliphatic carbocycles. The first-order valence-corrected chi connectivity index (χ1v) is 9.82. The summed E-state index contributed by atoms with van der Waals surface area (Å²) in [6.45, 7) is -0.536. The number of esters is 2. The highest BCUT2D eigenvalue weighted by atomic mass is 35.5. The molecule has 0 spiro atoms. The van der Waals surface area contributed by atoms with E-state index in [9.17, 15) is 32.3 Å². The van der Waals surface area contributed by atoms with E-state index in [1.807, 2.05) is 0 Å². The Hall–Kier alpha value is -3.19. The van der Waals surface area contributed by atoms with Crippen molar-refractivity contribution in [1.82, 2.24) is 14.5 Å². The van der Waals surface area contributed by atoms with E-state index in [2.05, 4.69) is 19.4 Å². The van der Waals surface area contributed by atoms with Crippen molar-refractivity contribution in [3.05, 3.63) is 59.8 Å². The minimum Gasteiger partial charge on any atom is -0.469 e. The molecule has 32 heavy (non-hydrogen) atoms. The van der Waals surface area contributed by atoms with Crippen LogP contribution in [0.15, 0.2) is 21.9 Å². The molecule has 0 fully saturated rings. The molecular formula is C18H13ClF3N3O6S. The van der Waals surface area contributed by atoms with Gasteiger partial charge in [0, 0.05) is 11.8 Å². The van der Waals surface area contributed by atoms with Crippen LogP contribution in [-0.4, -0.2) is 40.7 Å². The third-order valence-corrected chi connectivity index (χ3v) is 5.70. The van der Waals surface area contributed by atoms with Gasteiger partial charge in [-0.1, -0.05) is 11.6 Å². The summed E-state index contributed by atoms with van der Waals surface area (Å²) in [5.41, 5.74) is -2.80. The van der Waals surface area contributed by atoms with Crippen molar-refractivity contribution in [2.24, 2.45) is 0 Å². The van der Waals surface area contributed by atoms with E-state index in [1.54, 1.807) is 0 Å². The summed E-state index contributed by atoms with van der Waals surface area (Å²) in [5, 5.41) is -0.730. The Bertz CT molecular complexity index is 1340. The Labute approximate surface area is 185 Å². The zero-order valence-electron chi connectivity index (χ0n) is 16.3. The first-order valence-electron chi connectivity index (χ1n) is 8.63. The van der Waals surface area contributed by atoms with Gasteiger partial charge in [0.25, 0.3) is 11.1 Å². The van der Waals surface area contributed by atoms with Gasteiger partial charge >= 0.3 is 18.1 Å². The Morgan fingerprint density at radius 1 is 1.25 bits per heavy atom. The summed E-state index contributed by atoms with van der Waals surface area (Å²) in [6.07, 6.45) is -4.61. The fourth-order valence-electron chi connectivity index (χ4n) is 2.86. The molecule has 0 aliphatic heterocycles. The van der Waals surface area contributed by atoms with Crippen LogP contribution < -0.4 is 11.1 Å². The van der Waals surface area contributed by atoms with Gasteiger partial charge in [0.2, 0.25) is 0 Å². The van der Waals surface area contributed by atoms with Crippen LogP contribution in [0, 0.1) is 0 Å². The second-order valence-corrected chi connectivity index (χ2v) is 7.76. The van der Waals surface area contributed by atoms with Crippen LogP contribution in [-0.2, 0) is 33.4 Å². The van der Waals surface area contributed by atoms with Crippen LogP contribution in [0.5, 0.6) is 0 Å². The molecule has 3 heterocycles. The highest BCUT2D eigenvalue weighted by Crippen LogP contribution is 2.31. The topological polar surface area (TPSA) is 120 Å². The standard InChI is InChI=1S/C18H13ClF3N3O6S/c1-30-11(26)4-8-12-14(27)23-10(24-15(12)32-13(8)17(29)31-2)6-25-5-7(18(20,21)22)3-9(19)16(25)28/h3,5H,4,6H2,1-2H3,(H,23,24,27). The van der Waals surface area contributed by atoms with Crippen molar-refractivity contribution in [3.8, 4) is 0 Å². The van der Waals surface area contributed by atoms with E-state index in [0.29, 0.717) is 16.8 Å². The lowest BCUT2D eigenvalue weighted by atomic mass is 10.1. The molecular weight excluding hydrogens is 479 g/mol. The first kappa shape index (κ1) is 23.5. The molecule has 0 radical (unpaired) electrons. The molecule has 0 unspecified atom stereocenters. The molecule has 3 aromatic heterocycles. The number of thiophene rings is 1. The van der Waals surface area contributed by atoms with Crippen molar-refractivity contribution >= 4 is 45.1 Å². The summed E-state index contributed by atoms with van der Waals surface area (Å²) in [5.74, 6) is -1.69. The van der Waals surface area contributed by atoms with E-state index in [0.717, 1.165) is 25.6 Å². The molecule has 0 bridgehead atoms. The summed E-state index contributed by atoms with van der Waals surface area (Å²) in [4.78, 5) is 55.2. The third-order valence-electron chi connectivity index (χ3n) is 4.32. The number of alkyl halides is 3. The number of carbonyl (C=O) groups excluding carboxylic acids is 2. The number of hydrogen-bond donors (Lipinski definition) is 1. The number of methoxy groups -OCH3 is 2. The number of halogens is 4. The average molecular weight is 492 g/mol. The minimum atomic E-state index is -4.75. The molecule has 0 atom stereocenters. The second-order valence-electron chi connectivity index (χ2n) is 6.35. The lowest BCUT2D eigenvalue weighted by Gasteiger charge is -2.11. The van der Waals surface area contributed by atoms with Crippen molar-refractivity contribution in [2.45, 2.75) is 19.1 Å². The number of rotatable bonds is 5. The fraction of sp³-hybridized carbons (Fsp3) is 0.278. The zero-order chi connectivity index (χ0) is 23.8. The number of nitrogens with zero attached hydrogens (tertiary/aromatic N) is 2. The van der Waals surface area contributed by atoms with Crippen LogP contribution >= 0.6 is 22.9 Å². The number of aromatic amines is 1. The number of H-pyrrole nitrogens is 1. The van der Waals surface area contributed by atoms with Crippen LogP contribution in [0.4, 0.5) is 13.2 Å². The molecule has 0 aromatic carbocycles. The quantitative estimate of drug-likeness (QED) is 0.544. The van der Waals surface area contributed by atoms with E-state index in [4.69, 9.17) is 11.6 Å². The number of ether oxygens (including phenoxy) is 2. The average Bonchev–Trinajstić information content (AvgIpc) is 3.08. The SMILES string of the molecule is COC(=O)Cc1c(C(=O)OC)sc2nc(Cn3cc(C(F)(F)F)cc(Cl)c3=O)[nH]c(=O)c12. The van der Waals surface area contributed by atoms with Gasteiger partial charge in [0.05, 0.1) is 38.1 Å². The van der Waals surface area contributed by atoms with Gasteiger partial charge < -0.3 is 19.0 Å². The monoisotopic (exact) mass is 491 g/mol. The molecule has 0 saturated heterocycles. The van der Waals surface area contributed by atoms with E-state index in [1.165, 1.54) is 0 Å². The van der Waals surface area contributed by atoms with Gasteiger partial charge in [-0.25, -0.2) is 9.78 Å². The predicted molar refractivity (Wildman–Crippen MR) is 107 cm³/mol. The molecule has 0 aliphatic rings. The van der Waals surface area contributed by atoms with Gasteiger partial charge in [-0.3, -0.25) is 14.4 Å². The van der Waals surface area contributed by atoms with E-state index in [-0.39, 0.29) is 26.5 Å². The Balaban J connectivity index is 2.14. The summed E-state index contributed by atoms with van der Waals surface area (Å²) < 4.78 is 49.1. The molecule has 0 amide bonds. The van der Waals surface area contributed by atoms with Crippen molar-refractivity contribution < 1.29 is 32.2 Å². The van der Waals surface area contributed by atoms with Crippen LogP contribution in [0.25, 0.3) is 10.2 Å². The zero-order valence-corrected chi connectivity index (χ0v) is 17.9. The Kier molecular flexibility index (Phi) is 6.41. The predicted octanol–water partition coefficient (Wildman–Crippen LogP) is 2.37. The van der Waals surface area contributed by atoms with Crippen molar-refractivity contribution in [3.63, 3.8) is 0 Å². The molecule has 170 valence electrons. The summed E-state index contributed by atoms with van der Waals surface area (Å²) in [6, 6.07) is 0.501. The van der Waals surface area contributed by atoms with E-state index < -0.39 is 52.8 Å². The van der Waals surface area contributed by atoms with E-state index >= 15 is 0 Å². The molecule has 0 saturated carbocycles. The highest BCUT2D eigenvalue weighted by Gasteiger charge is 2.32. The maximum Gasteiger partial charge on any atom is 0.417 e. The van der Waals surface area contributed by atoms with Crippen molar-refractivity contribution in [2.75, 3.05) is 14.2 Å². The fourth-order valence-corrected chi connectivity index (χ4v) is 4.22. The number of nitrogens with one attached hydrogen (secondary N) is 1. The number of pyridine rings is 1. The van der Waals surface area contributed by atoms with Crippen LogP contribution in [0.2, 0.25) is 5.02 Å². The molecule has 3 aromatic rings. The first-order chi connectivity index (χ1) is 15.0. The van der Waals surface area contributed by atoms with Crippen molar-refractivity contribution in [1.29, 1.82) is 0 Å². The largest absolute Gasteiger partial charge is 0.469 e. The van der Waals surface area contributed by atoms with Gasteiger partial charge in [-0.15, -0.1) is 11.3 Å². The lowest BCUT2D eigenvalue weighted by Crippen LogP contribution is -2.25. The third kappa shape index (κ3) is 4.53. The number of carbonyl (C=O) groups is 2. The Morgan fingerprint density at radius 3 is 2.53 bits per heavy atom. The minimum absolute atomic E-state index is 0.0224. The summed E-state index contributed by atoms with van der Waals surface area (Å²) in [7, 11) is 2.24. The van der Waals surface area contributed by atoms with Gasteiger partial charge in [-0.05, 0) is 6.07 Å². The van der Waals surface area contributed by atoms with Crippen LogP contribution in [0.3, 0.4) is 0 Å². The normalized spacial score (nSPS) is 11.6. The maximum absolute atomic E-state index is 13.1.